The van der Waals surface area contributed by atoms with Crippen molar-refractivity contribution >= 4 is 39.0 Å². The van der Waals surface area contributed by atoms with Gasteiger partial charge in [-0.3, -0.25) is 4.31 Å². The number of ether oxygens (including phenoxy) is 2. The Morgan fingerprint density at radius 1 is 1.18 bits per heavy atom. The Labute approximate surface area is 232 Å². The van der Waals surface area contributed by atoms with Gasteiger partial charge in [-0.25, -0.2) is 17.2 Å². The van der Waals surface area contributed by atoms with Crippen molar-refractivity contribution < 1.29 is 31.8 Å². The second kappa shape index (κ2) is 11.2. The highest BCUT2D eigenvalue weighted by atomic mass is 35.5. The zero-order valence-electron chi connectivity index (χ0n) is 22.0. The lowest BCUT2D eigenvalue weighted by Gasteiger charge is -2.36. The van der Waals surface area contributed by atoms with Gasteiger partial charge in [0.2, 0.25) is 0 Å². The van der Waals surface area contributed by atoms with Crippen molar-refractivity contribution in [2.45, 2.75) is 50.2 Å². The van der Waals surface area contributed by atoms with Crippen molar-refractivity contribution in [1.82, 2.24) is 0 Å². The van der Waals surface area contributed by atoms with Crippen molar-refractivity contribution in [2.24, 2.45) is 0 Å². The van der Waals surface area contributed by atoms with Crippen LogP contribution in [0.4, 0.5) is 14.5 Å². The number of aliphatic hydroxyl groups is 1. The molecule has 0 saturated heterocycles. The maximum absolute atomic E-state index is 14.5. The lowest BCUT2D eigenvalue weighted by molar-refractivity contribution is 0.0534. The van der Waals surface area contributed by atoms with Gasteiger partial charge >= 0.3 is 0 Å². The average Bonchev–Trinajstić information content (AvgIpc) is 2.86. The van der Waals surface area contributed by atoms with E-state index in [0.29, 0.717) is 29.7 Å². The van der Waals surface area contributed by atoms with Crippen LogP contribution in [-0.2, 0) is 10.0 Å². The topological polar surface area (TPSA) is 76.1 Å². The minimum atomic E-state index is -4.18. The van der Waals surface area contributed by atoms with E-state index in [0.717, 1.165) is 12.1 Å². The fourth-order valence-corrected chi connectivity index (χ4v) is 6.26. The van der Waals surface area contributed by atoms with Crippen molar-refractivity contribution in [1.29, 1.82) is 0 Å². The molecule has 0 spiro atoms. The standard InChI is InChI=1S/C29H30ClF2NO5S/c1-18(28-22(30)6-5-7-24(28)32)14-19-8-11-26-25(15-19)33(17-20(38-26)12-13-29(2,3)34)39(35,36)21-9-10-23(31)27(16-21)37-4/h5-11,14-16,20,34H,12-13,17H2,1-4H3/b18-14+/t20-/m0/s1. The predicted octanol–water partition coefficient (Wildman–Crippen LogP) is 6.69. The number of rotatable bonds is 8. The molecule has 0 saturated carbocycles. The van der Waals surface area contributed by atoms with E-state index in [1.165, 1.54) is 29.6 Å². The molecule has 1 N–H and O–H groups in total. The molecule has 39 heavy (non-hydrogen) atoms. The molecule has 0 aliphatic carbocycles. The Kier molecular flexibility index (Phi) is 8.25. The van der Waals surface area contributed by atoms with Crippen molar-refractivity contribution in [3.63, 3.8) is 0 Å². The summed E-state index contributed by atoms with van der Waals surface area (Å²) >= 11 is 6.23. The molecule has 4 rings (SSSR count). The third-order valence-corrected chi connectivity index (χ3v) is 8.53. The summed E-state index contributed by atoms with van der Waals surface area (Å²) < 4.78 is 68.7. The molecule has 0 radical (unpaired) electrons. The number of hydrogen-bond donors (Lipinski definition) is 1. The van der Waals surface area contributed by atoms with Crippen molar-refractivity contribution in [2.75, 3.05) is 18.0 Å². The SMILES string of the molecule is COc1cc(S(=O)(=O)N2C[C@H](CCC(C)(C)O)Oc3ccc(/C=C(\C)c4c(F)cccc4Cl)cc32)ccc1F. The summed E-state index contributed by atoms with van der Waals surface area (Å²) in [5.74, 6) is -1.02. The Bertz CT molecular complexity index is 1500. The van der Waals surface area contributed by atoms with Gasteiger partial charge in [0.15, 0.2) is 11.6 Å². The molecule has 1 aliphatic rings. The number of anilines is 1. The molecule has 1 atom stereocenters. The molecule has 10 heteroatoms. The Morgan fingerprint density at radius 2 is 1.92 bits per heavy atom. The van der Waals surface area contributed by atoms with Crippen LogP contribution in [0.3, 0.4) is 0 Å². The van der Waals surface area contributed by atoms with Gasteiger partial charge < -0.3 is 14.6 Å². The fourth-order valence-electron chi connectivity index (χ4n) is 4.44. The molecule has 1 aliphatic heterocycles. The lowest BCUT2D eigenvalue weighted by atomic mass is 9.99. The normalized spacial score (nSPS) is 16.1. The zero-order valence-corrected chi connectivity index (χ0v) is 23.6. The smallest absolute Gasteiger partial charge is 0.264 e. The van der Waals surface area contributed by atoms with E-state index in [1.54, 1.807) is 51.1 Å². The van der Waals surface area contributed by atoms with Crippen LogP contribution in [0.25, 0.3) is 11.6 Å². The summed E-state index contributed by atoms with van der Waals surface area (Å²) in [6.45, 7) is 5.03. The second-order valence-electron chi connectivity index (χ2n) is 10.1. The number of nitrogens with zero attached hydrogens (tertiary/aromatic N) is 1. The molecule has 0 aromatic heterocycles. The molecule has 208 valence electrons. The maximum Gasteiger partial charge on any atom is 0.264 e. The first-order valence-corrected chi connectivity index (χ1v) is 14.1. The first-order chi connectivity index (χ1) is 18.3. The number of methoxy groups -OCH3 is 1. The monoisotopic (exact) mass is 577 g/mol. The number of benzene rings is 3. The van der Waals surface area contributed by atoms with Gasteiger partial charge in [0.25, 0.3) is 10.0 Å². The predicted molar refractivity (Wildman–Crippen MR) is 149 cm³/mol. The second-order valence-corrected chi connectivity index (χ2v) is 12.3. The highest BCUT2D eigenvalue weighted by molar-refractivity contribution is 7.92. The summed E-state index contributed by atoms with van der Waals surface area (Å²) in [5.41, 5.74) is 0.718. The molecular weight excluding hydrogens is 548 g/mol. The van der Waals surface area contributed by atoms with Crippen molar-refractivity contribution in [3.05, 3.63) is 82.4 Å². The van der Waals surface area contributed by atoms with E-state index in [2.05, 4.69) is 0 Å². The maximum atomic E-state index is 14.5. The summed E-state index contributed by atoms with van der Waals surface area (Å²) in [6, 6.07) is 12.8. The molecule has 0 amide bonds. The molecule has 6 nitrogen and oxygen atoms in total. The minimum Gasteiger partial charge on any atom is -0.494 e. The number of allylic oxidation sites excluding steroid dienone is 1. The first kappa shape index (κ1) is 28.9. The molecule has 0 fully saturated rings. The summed E-state index contributed by atoms with van der Waals surface area (Å²) in [5, 5.41) is 10.5. The van der Waals surface area contributed by atoms with Gasteiger partial charge in [-0.15, -0.1) is 0 Å². The quantitative estimate of drug-likeness (QED) is 0.302. The van der Waals surface area contributed by atoms with Crippen molar-refractivity contribution in [3.8, 4) is 11.5 Å². The number of hydrogen-bond acceptors (Lipinski definition) is 5. The van der Waals surface area contributed by atoms with E-state index < -0.39 is 33.4 Å². The summed E-state index contributed by atoms with van der Waals surface area (Å²) in [4.78, 5) is -0.148. The van der Waals surface area contributed by atoms with Crippen LogP contribution in [0.1, 0.15) is 44.7 Å². The number of sulfonamides is 1. The third kappa shape index (κ3) is 6.37. The molecule has 0 bridgehead atoms. The van der Waals surface area contributed by atoms with Crippen LogP contribution in [0.15, 0.2) is 59.5 Å². The van der Waals surface area contributed by atoms with E-state index in [9.17, 15) is 22.3 Å². The van der Waals surface area contributed by atoms with Crippen LogP contribution < -0.4 is 13.8 Å². The highest BCUT2D eigenvalue weighted by Gasteiger charge is 2.35. The number of fused-ring (bicyclic) bond motifs is 1. The zero-order chi connectivity index (χ0) is 28.5. The van der Waals surface area contributed by atoms with Gasteiger partial charge in [-0.2, -0.15) is 0 Å². The van der Waals surface area contributed by atoms with E-state index in [4.69, 9.17) is 21.1 Å². The molecule has 0 unspecified atom stereocenters. The number of halogens is 3. The molecule has 1 heterocycles. The molecule has 3 aromatic carbocycles. The van der Waals surface area contributed by atoms with Crippen LogP contribution >= 0.6 is 11.6 Å². The summed E-state index contributed by atoms with van der Waals surface area (Å²) in [7, 11) is -2.92. The van der Waals surface area contributed by atoms with E-state index in [1.807, 2.05) is 0 Å². The van der Waals surface area contributed by atoms with Gasteiger partial charge in [0, 0.05) is 11.6 Å². The largest absolute Gasteiger partial charge is 0.494 e. The molecule has 3 aromatic rings. The van der Waals surface area contributed by atoms with Crippen LogP contribution in [0.5, 0.6) is 11.5 Å². The van der Waals surface area contributed by atoms with E-state index >= 15 is 0 Å². The van der Waals surface area contributed by atoms with Crippen LogP contribution in [0.2, 0.25) is 5.02 Å². The Balaban J connectivity index is 1.79. The third-order valence-electron chi connectivity index (χ3n) is 6.44. The van der Waals surface area contributed by atoms with Crippen LogP contribution in [-0.4, -0.2) is 38.9 Å². The first-order valence-electron chi connectivity index (χ1n) is 12.3. The van der Waals surface area contributed by atoms with Gasteiger partial charge in [-0.05, 0) is 81.1 Å². The lowest BCUT2D eigenvalue weighted by Crippen LogP contribution is -2.44. The highest BCUT2D eigenvalue weighted by Crippen LogP contribution is 2.40. The minimum absolute atomic E-state index is 0.0314. The average molecular weight is 578 g/mol. The van der Waals surface area contributed by atoms with Gasteiger partial charge in [-0.1, -0.05) is 29.8 Å². The van der Waals surface area contributed by atoms with E-state index in [-0.39, 0.29) is 33.5 Å². The Hall–Kier alpha value is -3.14. The summed E-state index contributed by atoms with van der Waals surface area (Å²) in [6.07, 6.45) is 1.95. The van der Waals surface area contributed by atoms with Crippen LogP contribution in [0, 0.1) is 11.6 Å². The van der Waals surface area contributed by atoms with Gasteiger partial charge in [0.1, 0.15) is 17.7 Å². The fraction of sp³-hybridized carbons (Fsp3) is 0.310. The Morgan fingerprint density at radius 3 is 2.59 bits per heavy atom. The van der Waals surface area contributed by atoms with Gasteiger partial charge in [0.05, 0.1) is 34.9 Å². The molecular formula is C29H30ClF2NO5S.